The maximum Gasteiger partial charge on any atom is 0.281 e. The number of thiazole rings is 1. The zero-order valence-electron chi connectivity index (χ0n) is 16.6. The average molecular weight is 499 g/mol. The van der Waals surface area contributed by atoms with Gasteiger partial charge in [0.05, 0.1) is 17.3 Å². The summed E-state index contributed by atoms with van der Waals surface area (Å²) >= 11 is 4.70. The van der Waals surface area contributed by atoms with E-state index in [4.69, 9.17) is 0 Å². The molecule has 31 heavy (non-hydrogen) atoms. The predicted octanol–water partition coefficient (Wildman–Crippen LogP) is 3.70. The molecule has 1 saturated heterocycles. The number of carbonyl (C=O) groups is 3. The average Bonchev–Trinajstić information content (AvgIpc) is 3.36. The van der Waals surface area contributed by atoms with Crippen LogP contribution in [0.5, 0.6) is 0 Å². The number of aromatic nitrogens is 1. The third-order valence-electron chi connectivity index (χ3n) is 4.96. The molecule has 3 aromatic rings. The Balaban J connectivity index is 1.38. The van der Waals surface area contributed by atoms with E-state index < -0.39 is 17.7 Å². The molecule has 4 rings (SSSR count). The van der Waals surface area contributed by atoms with Gasteiger partial charge in [0.2, 0.25) is 11.8 Å². The Labute approximate surface area is 191 Å². The lowest BCUT2D eigenvalue weighted by atomic mass is 10.1. The van der Waals surface area contributed by atoms with E-state index in [0.717, 1.165) is 20.7 Å². The maximum atomic E-state index is 12.6. The van der Waals surface area contributed by atoms with Crippen LogP contribution in [0.2, 0.25) is 0 Å². The molecule has 0 radical (unpaired) electrons. The van der Waals surface area contributed by atoms with Crippen molar-refractivity contribution >= 4 is 50.7 Å². The number of amides is 3. The fourth-order valence-electron chi connectivity index (χ4n) is 3.38. The number of hydrazine groups is 1. The van der Waals surface area contributed by atoms with Gasteiger partial charge in [0.1, 0.15) is 9.88 Å². The zero-order valence-corrected chi connectivity index (χ0v) is 19.0. The number of hydrogen-bond donors (Lipinski definition) is 2. The number of benzene rings is 2. The van der Waals surface area contributed by atoms with Gasteiger partial charge in [0, 0.05) is 23.0 Å². The Morgan fingerprint density at radius 3 is 2.55 bits per heavy atom. The number of rotatable bonds is 4. The van der Waals surface area contributed by atoms with Crippen molar-refractivity contribution in [3.63, 3.8) is 0 Å². The highest BCUT2D eigenvalue weighted by atomic mass is 79.9. The summed E-state index contributed by atoms with van der Waals surface area (Å²) in [4.78, 5) is 44.0. The van der Waals surface area contributed by atoms with Gasteiger partial charge in [-0.2, -0.15) is 0 Å². The van der Waals surface area contributed by atoms with Gasteiger partial charge in [-0.05, 0) is 35.0 Å². The minimum absolute atomic E-state index is 0.0841. The summed E-state index contributed by atoms with van der Waals surface area (Å²) in [5.74, 6) is -1.52. The van der Waals surface area contributed by atoms with Gasteiger partial charge in [-0.1, -0.05) is 42.5 Å². The highest BCUT2D eigenvalue weighted by Gasteiger charge is 2.36. The molecule has 3 amide bonds. The van der Waals surface area contributed by atoms with E-state index in [0.29, 0.717) is 10.6 Å². The topological polar surface area (TPSA) is 91.4 Å². The van der Waals surface area contributed by atoms with Crippen LogP contribution < -0.4 is 15.8 Å². The third-order valence-corrected chi connectivity index (χ3v) is 6.84. The Morgan fingerprint density at radius 2 is 1.81 bits per heavy atom. The van der Waals surface area contributed by atoms with Crippen molar-refractivity contribution in [2.75, 3.05) is 11.4 Å². The summed E-state index contributed by atoms with van der Waals surface area (Å²) in [7, 11) is 0. The summed E-state index contributed by atoms with van der Waals surface area (Å²) in [5, 5.41) is 0.736. The highest BCUT2D eigenvalue weighted by molar-refractivity contribution is 9.10. The van der Waals surface area contributed by atoms with Gasteiger partial charge < -0.3 is 4.90 Å². The first-order valence-corrected chi connectivity index (χ1v) is 11.2. The molecule has 158 valence electrons. The Hall–Kier alpha value is -3.04. The van der Waals surface area contributed by atoms with Crippen LogP contribution in [0.3, 0.4) is 0 Å². The summed E-state index contributed by atoms with van der Waals surface area (Å²) < 4.78 is 0.785. The lowest BCUT2D eigenvalue weighted by Crippen LogP contribution is -2.45. The molecule has 0 bridgehead atoms. The molecule has 2 aromatic carbocycles. The van der Waals surface area contributed by atoms with E-state index in [-0.39, 0.29) is 18.9 Å². The molecular weight excluding hydrogens is 480 g/mol. The number of aryl methyl sites for hydroxylation is 1. The maximum absolute atomic E-state index is 12.6. The van der Waals surface area contributed by atoms with Crippen LogP contribution in [-0.4, -0.2) is 29.3 Å². The second kappa shape index (κ2) is 8.99. The van der Waals surface area contributed by atoms with E-state index >= 15 is 0 Å². The van der Waals surface area contributed by atoms with Crippen molar-refractivity contribution in [1.29, 1.82) is 0 Å². The second-order valence-electron chi connectivity index (χ2n) is 7.10. The standard InChI is InChI=1S/C22H19BrN4O3S/c1-13-19(31-22(24-13)14-7-3-2-4-8-14)21(30)26-25-20(29)15-11-18(28)27(12-15)17-10-6-5-9-16(17)23/h2-10,15H,11-12H2,1H3,(H,25,29)(H,26,30). The van der Waals surface area contributed by atoms with E-state index in [1.165, 1.54) is 11.3 Å². The molecule has 0 saturated carbocycles. The van der Waals surface area contributed by atoms with Crippen molar-refractivity contribution in [2.24, 2.45) is 5.92 Å². The molecule has 1 atom stereocenters. The van der Waals surface area contributed by atoms with Gasteiger partial charge >= 0.3 is 0 Å². The fraction of sp³-hybridized carbons (Fsp3) is 0.182. The number of carbonyl (C=O) groups excluding carboxylic acids is 3. The summed E-state index contributed by atoms with van der Waals surface area (Å²) in [5.41, 5.74) is 7.15. The van der Waals surface area contributed by atoms with Crippen LogP contribution in [0.4, 0.5) is 5.69 Å². The van der Waals surface area contributed by atoms with Crippen LogP contribution in [0.1, 0.15) is 21.8 Å². The molecule has 0 spiro atoms. The molecule has 2 heterocycles. The van der Waals surface area contributed by atoms with Crippen molar-refractivity contribution in [2.45, 2.75) is 13.3 Å². The molecule has 1 aliphatic rings. The highest BCUT2D eigenvalue weighted by Crippen LogP contribution is 2.31. The van der Waals surface area contributed by atoms with Crippen molar-refractivity contribution in [3.8, 4) is 10.6 Å². The minimum Gasteiger partial charge on any atom is -0.310 e. The Morgan fingerprint density at radius 1 is 1.10 bits per heavy atom. The SMILES string of the molecule is Cc1nc(-c2ccccc2)sc1C(=O)NNC(=O)C1CC(=O)N(c2ccccc2Br)C1. The Bertz CT molecular complexity index is 1150. The predicted molar refractivity (Wildman–Crippen MR) is 122 cm³/mol. The number of anilines is 1. The number of para-hydroxylation sites is 1. The molecule has 1 fully saturated rings. The molecule has 0 aliphatic carbocycles. The van der Waals surface area contributed by atoms with E-state index in [9.17, 15) is 14.4 Å². The zero-order chi connectivity index (χ0) is 22.0. The molecule has 1 aromatic heterocycles. The molecule has 1 aliphatic heterocycles. The third kappa shape index (κ3) is 4.52. The van der Waals surface area contributed by atoms with Crippen LogP contribution >= 0.6 is 27.3 Å². The summed E-state index contributed by atoms with van der Waals surface area (Å²) in [6.07, 6.45) is 0.0841. The second-order valence-corrected chi connectivity index (χ2v) is 8.95. The molecule has 2 N–H and O–H groups in total. The first kappa shape index (κ1) is 21.2. The van der Waals surface area contributed by atoms with E-state index in [2.05, 4.69) is 31.8 Å². The summed E-state index contributed by atoms with van der Waals surface area (Å²) in [6, 6.07) is 16.9. The van der Waals surface area contributed by atoms with Crippen LogP contribution in [0.15, 0.2) is 59.1 Å². The smallest absolute Gasteiger partial charge is 0.281 e. The van der Waals surface area contributed by atoms with Crippen molar-refractivity contribution in [3.05, 3.63) is 69.6 Å². The van der Waals surface area contributed by atoms with Crippen LogP contribution in [0, 0.1) is 12.8 Å². The number of halogens is 1. The number of nitrogens with one attached hydrogen (secondary N) is 2. The first-order valence-electron chi connectivity index (χ1n) is 9.62. The van der Waals surface area contributed by atoms with Gasteiger partial charge in [-0.15, -0.1) is 11.3 Å². The fourth-order valence-corrected chi connectivity index (χ4v) is 4.84. The number of hydrogen-bond acceptors (Lipinski definition) is 5. The van der Waals surface area contributed by atoms with Crippen molar-refractivity contribution < 1.29 is 14.4 Å². The normalized spacial score (nSPS) is 15.7. The van der Waals surface area contributed by atoms with Gasteiger partial charge in [-0.25, -0.2) is 4.98 Å². The largest absolute Gasteiger partial charge is 0.310 e. The molecular formula is C22H19BrN4O3S. The van der Waals surface area contributed by atoms with E-state index in [1.807, 2.05) is 54.6 Å². The van der Waals surface area contributed by atoms with Gasteiger partial charge in [0.15, 0.2) is 0 Å². The molecule has 7 nitrogen and oxygen atoms in total. The molecule has 9 heteroatoms. The Kier molecular flexibility index (Phi) is 6.15. The minimum atomic E-state index is -0.553. The van der Waals surface area contributed by atoms with E-state index in [1.54, 1.807) is 11.8 Å². The van der Waals surface area contributed by atoms with Crippen LogP contribution in [0.25, 0.3) is 10.6 Å². The summed E-state index contributed by atoms with van der Waals surface area (Å²) in [6.45, 7) is 2.01. The van der Waals surface area contributed by atoms with Crippen LogP contribution in [-0.2, 0) is 9.59 Å². The monoisotopic (exact) mass is 498 g/mol. The molecule has 1 unspecified atom stereocenters. The number of nitrogens with zero attached hydrogens (tertiary/aromatic N) is 2. The first-order chi connectivity index (χ1) is 14.9. The van der Waals surface area contributed by atoms with Gasteiger partial charge in [0.25, 0.3) is 5.91 Å². The van der Waals surface area contributed by atoms with Gasteiger partial charge in [-0.3, -0.25) is 25.2 Å². The van der Waals surface area contributed by atoms with Crippen molar-refractivity contribution in [1.82, 2.24) is 15.8 Å². The lowest BCUT2D eigenvalue weighted by Gasteiger charge is -2.18. The lowest BCUT2D eigenvalue weighted by molar-refractivity contribution is -0.126. The quantitative estimate of drug-likeness (QED) is 0.536.